The molecule has 2 aromatic heterocycles. The van der Waals surface area contributed by atoms with Crippen molar-refractivity contribution >= 4 is 28.6 Å². The number of ether oxygens (including phenoxy) is 1. The van der Waals surface area contributed by atoms with Gasteiger partial charge in [-0.1, -0.05) is 0 Å². The fraction of sp³-hybridized carbons (Fsp3) is 0.529. The summed E-state index contributed by atoms with van der Waals surface area (Å²) in [6, 6.07) is 1.86. The van der Waals surface area contributed by atoms with Gasteiger partial charge in [-0.05, 0) is 18.4 Å². The van der Waals surface area contributed by atoms with Crippen LogP contribution in [0.25, 0.3) is 0 Å². The van der Waals surface area contributed by atoms with Crippen molar-refractivity contribution in [3.63, 3.8) is 0 Å². The van der Waals surface area contributed by atoms with Crippen molar-refractivity contribution in [2.24, 2.45) is 11.8 Å². The predicted molar refractivity (Wildman–Crippen MR) is 95.5 cm³/mol. The Morgan fingerprint density at radius 3 is 3.12 bits per heavy atom. The Labute approximate surface area is 149 Å². The second-order valence-electron chi connectivity index (χ2n) is 6.57. The summed E-state index contributed by atoms with van der Waals surface area (Å²) in [6.45, 7) is 6.38. The summed E-state index contributed by atoms with van der Waals surface area (Å²) in [6.07, 6.45) is 0.299. The number of likely N-dealkylation sites (tertiary alicyclic amines) is 1. The van der Waals surface area contributed by atoms with Gasteiger partial charge in [0.15, 0.2) is 0 Å². The van der Waals surface area contributed by atoms with E-state index in [0.29, 0.717) is 24.5 Å². The zero-order chi connectivity index (χ0) is 16.5. The molecule has 128 valence electrons. The highest BCUT2D eigenvalue weighted by molar-refractivity contribution is 7.09. The van der Waals surface area contributed by atoms with E-state index >= 15 is 0 Å². The van der Waals surface area contributed by atoms with Gasteiger partial charge in [-0.3, -0.25) is 9.69 Å². The number of thiazole rings is 1. The zero-order valence-electron chi connectivity index (χ0n) is 13.6. The van der Waals surface area contributed by atoms with E-state index in [0.717, 1.165) is 42.5 Å². The quantitative estimate of drug-likeness (QED) is 0.886. The van der Waals surface area contributed by atoms with E-state index in [2.05, 4.69) is 20.6 Å². The van der Waals surface area contributed by atoms with Gasteiger partial charge in [0.1, 0.15) is 0 Å². The monoisotopic (exact) mass is 363 g/mol. The summed E-state index contributed by atoms with van der Waals surface area (Å²) < 4.78 is 5.98. The molecule has 0 aromatic carbocycles. The minimum atomic E-state index is 0.0208. The number of aromatic nitrogens is 1. The number of carbonyl (C=O) groups is 1. The predicted octanol–water partition coefficient (Wildman–Crippen LogP) is 2.39. The molecule has 2 saturated heterocycles. The summed E-state index contributed by atoms with van der Waals surface area (Å²) in [5, 5.41) is 10.1. The maximum absolute atomic E-state index is 12.1. The highest BCUT2D eigenvalue weighted by Gasteiger charge is 2.43. The molecule has 3 atom stereocenters. The second kappa shape index (κ2) is 6.92. The van der Waals surface area contributed by atoms with Crippen LogP contribution in [0.3, 0.4) is 0 Å². The van der Waals surface area contributed by atoms with E-state index in [1.807, 2.05) is 23.8 Å². The Hall–Kier alpha value is -1.28. The van der Waals surface area contributed by atoms with Crippen molar-refractivity contribution in [3.8, 4) is 0 Å². The first kappa shape index (κ1) is 16.2. The lowest BCUT2D eigenvalue weighted by molar-refractivity contribution is 0.0903. The third kappa shape index (κ3) is 3.39. The van der Waals surface area contributed by atoms with Crippen LogP contribution in [0.4, 0.5) is 0 Å². The topological polar surface area (TPSA) is 54.5 Å². The lowest BCUT2D eigenvalue weighted by atomic mass is 9.93. The van der Waals surface area contributed by atoms with Crippen LogP contribution in [0.2, 0.25) is 0 Å². The molecule has 0 aliphatic carbocycles. The molecule has 2 aliphatic rings. The van der Waals surface area contributed by atoms with E-state index in [4.69, 9.17) is 4.74 Å². The lowest BCUT2D eigenvalue weighted by Gasteiger charge is -2.19. The first-order valence-corrected chi connectivity index (χ1v) is 10.1. The summed E-state index contributed by atoms with van der Waals surface area (Å²) in [4.78, 5) is 19.1. The van der Waals surface area contributed by atoms with Gasteiger partial charge in [0.2, 0.25) is 0 Å². The number of amides is 1. The minimum absolute atomic E-state index is 0.0208. The van der Waals surface area contributed by atoms with E-state index < -0.39 is 0 Å². The summed E-state index contributed by atoms with van der Waals surface area (Å²) in [5.41, 5.74) is 1.90. The summed E-state index contributed by atoms with van der Waals surface area (Å²) >= 11 is 3.25. The van der Waals surface area contributed by atoms with E-state index in [-0.39, 0.29) is 5.91 Å². The average molecular weight is 364 g/mol. The van der Waals surface area contributed by atoms with Gasteiger partial charge in [-0.2, -0.15) is 11.3 Å². The van der Waals surface area contributed by atoms with Crippen molar-refractivity contribution in [1.29, 1.82) is 0 Å². The number of carbonyl (C=O) groups excluding carboxylic acids is 1. The van der Waals surface area contributed by atoms with E-state index in [1.54, 1.807) is 22.7 Å². The maximum Gasteiger partial charge on any atom is 0.252 e. The number of hydrogen-bond donors (Lipinski definition) is 1. The Morgan fingerprint density at radius 1 is 1.46 bits per heavy atom. The number of rotatable bonds is 5. The molecule has 1 N–H and O–H groups in total. The number of nitrogens with zero attached hydrogens (tertiary/aromatic N) is 2. The zero-order valence-corrected chi connectivity index (χ0v) is 15.2. The number of fused-ring (bicyclic) bond motifs is 1. The fourth-order valence-electron chi connectivity index (χ4n) is 3.65. The minimum Gasteiger partial charge on any atom is -0.376 e. The van der Waals surface area contributed by atoms with Crippen LogP contribution < -0.4 is 5.32 Å². The fourth-order valence-corrected chi connectivity index (χ4v) is 4.89. The van der Waals surface area contributed by atoms with Crippen LogP contribution in [-0.4, -0.2) is 48.1 Å². The highest BCUT2D eigenvalue weighted by Crippen LogP contribution is 2.34. The molecule has 7 heteroatoms. The third-order valence-corrected chi connectivity index (χ3v) is 6.38. The van der Waals surface area contributed by atoms with Crippen molar-refractivity contribution in [2.75, 3.05) is 26.2 Å². The van der Waals surface area contributed by atoms with Crippen LogP contribution in [0.15, 0.2) is 22.2 Å². The molecule has 2 fully saturated rings. The SMILES string of the molecule is Cc1nc(CN2C[C@H]3[C@H](CNC(=O)c4ccsc4)CO[C@H]3C2)cs1. The van der Waals surface area contributed by atoms with Gasteiger partial charge >= 0.3 is 0 Å². The number of nitrogens with one attached hydrogen (secondary N) is 1. The molecule has 4 rings (SSSR count). The largest absolute Gasteiger partial charge is 0.376 e. The number of aryl methyl sites for hydroxylation is 1. The van der Waals surface area contributed by atoms with Crippen molar-refractivity contribution in [2.45, 2.75) is 19.6 Å². The third-order valence-electron chi connectivity index (χ3n) is 4.87. The first-order chi connectivity index (χ1) is 11.7. The molecule has 0 radical (unpaired) electrons. The Kier molecular flexibility index (Phi) is 4.67. The van der Waals surface area contributed by atoms with Gasteiger partial charge in [-0.15, -0.1) is 11.3 Å². The second-order valence-corrected chi connectivity index (χ2v) is 8.41. The van der Waals surface area contributed by atoms with Gasteiger partial charge in [0, 0.05) is 54.3 Å². The van der Waals surface area contributed by atoms with E-state index in [9.17, 15) is 4.79 Å². The number of hydrogen-bond acceptors (Lipinski definition) is 6. The molecule has 0 bridgehead atoms. The van der Waals surface area contributed by atoms with E-state index in [1.165, 1.54) is 0 Å². The van der Waals surface area contributed by atoms with Crippen LogP contribution >= 0.6 is 22.7 Å². The average Bonchev–Trinajstić information content (AvgIpc) is 3.30. The molecule has 2 aliphatic heterocycles. The Balaban J connectivity index is 1.30. The molecule has 1 amide bonds. The molecule has 0 spiro atoms. The van der Waals surface area contributed by atoms with Gasteiger partial charge in [0.25, 0.3) is 5.91 Å². The molecular weight excluding hydrogens is 342 g/mol. The van der Waals surface area contributed by atoms with Crippen molar-refractivity contribution < 1.29 is 9.53 Å². The molecule has 4 heterocycles. The molecular formula is C17H21N3O2S2. The molecule has 5 nitrogen and oxygen atoms in total. The maximum atomic E-state index is 12.1. The molecule has 2 aromatic rings. The van der Waals surface area contributed by atoms with Crippen LogP contribution in [0, 0.1) is 18.8 Å². The standard InChI is InChI=1S/C17H21N3O2S2/c1-11-19-14(10-24-11)5-20-6-15-13(8-22-16(15)7-20)4-18-17(21)12-2-3-23-9-12/h2-3,9-10,13,15-16H,4-8H2,1H3,(H,18,21)/t13-,15+,16+/m1/s1. The van der Waals surface area contributed by atoms with Gasteiger partial charge in [-0.25, -0.2) is 4.98 Å². The van der Waals surface area contributed by atoms with Crippen LogP contribution in [0.1, 0.15) is 21.1 Å². The van der Waals surface area contributed by atoms with Crippen LogP contribution in [-0.2, 0) is 11.3 Å². The van der Waals surface area contributed by atoms with Crippen LogP contribution in [0.5, 0.6) is 0 Å². The number of thiophene rings is 1. The Bertz CT molecular complexity index is 701. The molecule has 24 heavy (non-hydrogen) atoms. The van der Waals surface area contributed by atoms with Crippen molar-refractivity contribution in [1.82, 2.24) is 15.2 Å². The van der Waals surface area contributed by atoms with Crippen molar-refractivity contribution in [3.05, 3.63) is 38.5 Å². The smallest absolute Gasteiger partial charge is 0.252 e. The molecule has 0 unspecified atom stereocenters. The normalized spacial score (nSPS) is 26.6. The molecule has 0 saturated carbocycles. The summed E-state index contributed by atoms with van der Waals surface area (Å²) in [7, 11) is 0. The van der Waals surface area contributed by atoms with Gasteiger partial charge < -0.3 is 10.1 Å². The highest BCUT2D eigenvalue weighted by atomic mass is 32.1. The lowest BCUT2D eigenvalue weighted by Crippen LogP contribution is -2.34. The van der Waals surface area contributed by atoms with Gasteiger partial charge in [0.05, 0.1) is 23.4 Å². The Morgan fingerprint density at radius 2 is 2.38 bits per heavy atom. The summed E-state index contributed by atoms with van der Waals surface area (Å²) in [5.74, 6) is 0.930. The first-order valence-electron chi connectivity index (χ1n) is 8.24.